The minimum absolute atomic E-state index is 0.172. The molecule has 1 aliphatic carbocycles. The van der Waals surface area contributed by atoms with Crippen LogP contribution < -0.4 is 10.6 Å². The Kier molecular flexibility index (Phi) is 6.09. The number of rotatable bonds is 6. The van der Waals surface area contributed by atoms with Gasteiger partial charge in [0.05, 0.1) is 0 Å². The van der Waals surface area contributed by atoms with Crippen molar-refractivity contribution in [2.24, 2.45) is 0 Å². The molecule has 1 heterocycles. The molecule has 1 saturated carbocycles. The number of benzene rings is 1. The first kappa shape index (κ1) is 16.9. The van der Waals surface area contributed by atoms with Gasteiger partial charge in [0.1, 0.15) is 0 Å². The van der Waals surface area contributed by atoms with Crippen molar-refractivity contribution in [2.75, 3.05) is 19.8 Å². The number of hydrogen-bond donors (Lipinski definition) is 2. The predicted molar refractivity (Wildman–Crippen MR) is 95.7 cm³/mol. The third-order valence-electron chi connectivity index (χ3n) is 5.61. The molecule has 0 bridgehead atoms. The summed E-state index contributed by atoms with van der Waals surface area (Å²) >= 11 is 0. The van der Waals surface area contributed by atoms with Crippen LogP contribution in [0.4, 0.5) is 0 Å². The van der Waals surface area contributed by atoms with Crippen LogP contribution in [0.3, 0.4) is 0 Å². The SMILES string of the molecule is C[C@@H](NC1(CNC2CCCCC2)CCOCC1)c1ccccc1. The van der Waals surface area contributed by atoms with Crippen molar-refractivity contribution in [3.63, 3.8) is 0 Å². The van der Waals surface area contributed by atoms with Gasteiger partial charge in [-0.1, -0.05) is 49.6 Å². The van der Waals surface area contributed by atoms with Crippen molar-refractivity contribution in [3.05, 3.63) is 35.9 Å². The molecule has 0 aromatic heterocycles. The standard InChI is InChI=1S/C20H32N2O/c1-17(18-8-4-2-5-9-18)22-20(12-14-23-15-13-20)16-21-19-10-6-3-7-11-19/h2,4-5,8-9,17,19,21-22H,3,6-7,10-16H2,1H3/t17-/m1/s1. The summed E-state index contributed by atoms with van der Waals surface area (Å²) in [5, 5.41) is 7.82. The molecule has 128 valence electrons. The van der Waals surface area contributed by atoms with Gasteiger partial charge in [0.2, 0.25) is 0 Å². The maximum Gasteiger partial charge on any atom is 0.0484 e. The normalized spacial score (nSPS) is 23.5. The second kappa shape index (κ2) is 8.27. The quantitative estimate of drug-likeness (QED) is 0.837. The van der Waals surface area contributed by atoms with E-state index in [-0.39, 0.29) is 5.54 Å². The lowest BCUT2D eigenvalue weighted by Gasteiger charge is -2.42. The molecular formula is C20H32N2O. The summed E-state index contributed by atoms with van der Waals surface area (Å²) in [5.74, 6) is 0. The van der Waals surface area contributed by atoms with Gasteiger partial charge in [-0.05, 0) is 38.2 Å². The maximum atomic E-state index is 5.64. The average Bonchev–Trinajstić information content (AvgIpc) is 2.62. The van der Waals surface area contributed by atoms with Crippen LogP contribution in [-0.2, 0) is 4.74 Å². The molecule has 0 unspecified atom stereocenters. The van der Waals surface area contributed by atoms with Gasteiger partial charge >= 0.3 is 0 Å². The largest absolute Gasteiger partial charge is 0.381 e. The molecule has 2 aliphatic rings. The maximum absolute atomic E-state index is 5.64. The van der Waals surface area contributed by atoms with E-state index in [1.165, 1.54) is 37.7 Å². The Labute approximate surface area is 141 Å². The third kappa shape index (κ3) is 4.79. The van der Waals surface area contributed by atoms with Crippen molar-refractivity contribution in [1.29, 1.82) is 0 Å². The fourth-order valence-electron chi connectivity index (χ4n) is 4.07. The van der Waals surface area contributed by atoms with Gasteiger partial charge in [0, 0.05) is 37.4 Å². The fourth-order valence-corrected chi connectivity index (χ4v) is 4.07. The molecule has 3 rings (SSSR count). The molecule has 0 spiro atoms. The van der Waals surface area contributed by atoms with Crippen LogP contribution in [0.25, 0.3) is 0 Å². The van der Waals surface area contributed by atoms with E-state index in [1.807, 2.05) is 0 Å². The molecule has 1 saturated heterocycles. The van der Waals surface area contributed by atoms with Crippen LogP contribution >= 0.6 is 0 Å². The Morgan fingerprint density at radius 1 is 1.09 bits per heavy atom. The van der Waals surface area contributed by atoms with E-state index in [2.05, 4.69) is 47.9 Å². The predicted octanol–water partition coefficient (Wildman–Crippen LogP) is 3.81. The lowest BCUT2D eigenvalue weighted by Crippen LogP contribution is -2.57. The third-order valence-corrected chi connectivity index (χ3v) is 5.61. The second-order valence-electron chi connectivity index (χ2n) is 7.39. The first-order valence-electron chi connectivity index (χ1n) is 9.41. The fraction of sp³-hybridized carbons (Fsp3) is 0.700. The Bertz CT molecular complexity index is 450. The highest BCUT2D eigenvalue weighted by Crippen LogP contribution is 2.26. The van der Waals surface area contributed by atoms with Gasteiger partial charge in [-0.25, -0.2) is 0 Å². The Morgan fingerprint density at radius 2 is 1.78 bits per heavy atom. The van der Waals surface area contributed by atoms with E-state index < -0.39 is 0 Å². The molecule has 3 heteroatoms. The van der Waals surface area contributed by atoms with Crippen molar-refractivity contribution < 1.29 is 4.74 Å². The summed E-state index contributed by atoms with van der Waals surface area (Å²) in [5.41, 5.74) is 1.54. The van der Waals surface area contributed by atoms with E-state index >= 15 is 0 Å². The zero-order valence-electron chi connectivity index (χ0n) is 14.5. The van der Waals surface area contributed by atoms with Gasteiger partial charge < -0.3 is 15.4 Å². The van der Waals surface area contributed by atoms with Crippen molar-refractivity contribution in [1.82, 2.24) is 10.6 Å². The van der Waals surface area contributed by atoms with E-state index in [0.29, 0.717) is 6.04 Å². The second-order valence-corrected chi connectivity index (χ2v) is 7.39. The van der Waals surface area contributed by atoms with E-state index in [4.69, 9.17) is 4.74 Å². The molecule has 1 atom stereocenters. The summed E-state index contributed by atoms with van der Waals surface area (Å²) < 4.78 is 5.64. The minimum atomic E-state index is 0.172. The molecule has 1 aliphatic heterocycles. The van der Waals surface area contributed by atoms with Gasteiger partial charge in [-0.3, -0.25) is 0 Å². The summed E-state index contributed by atoms with van der Waals surface area (Å²) in [4.78, 5) is 0. The molecule has 2 fully saturated rings. The Hall–Kier alpha value is -0.900. The summed E-state index contributed by atoms with van der Waals surface area (Å²) in [6, 6.07) is 11.9. The van der Waals surface area contributed by atoms with Crippen molar-refractivity contribution >= 4 is 0 Å². The lowest BCUT2D eigenvalue weighted by atomic mass is 9.87. The van der Waals surface area contributed by atoms with Gasteiger partial charge in [0.15, 0.2) is 0 Å². The highest BCUT2D eigenvalue weighted by atomic mass is 16.5. The molecule has 0 radical (unpaired) electrons. The zero-order chi connectivity index (χ0) is 16.0. The summed E-state index contributed by atoms with van der Waals surface area (Å²) in [7, 11) is 0. The van der Waals surface area contributed by atoms with E-state index in [1.54, 1.807) is 0 Å². The van der Waals surface area contributed by atoms with Crippen LogP contribution in [0.15, 0.2) is 30.3 Å². The molecule has 1 aromatic rings. The van der Waals surface area contributed by atoms with Crippen molar-refractivity contribution in [3.8, 4) is 0 Å². The van der Waals surface area contributed by atoms with Gasteiger partial charge in [-0.2, -0.15) is 0 Å². The Balaban J connectivity index is 1.61. The van der Waals surface area contributed by atoms with E-state index in [9.17, 15) is 0 Å². The average molecular weight is 316 g/mol. The highest BCUT2D eigenvalue weighted by Gasteiger charge is 2.34. The summed E-state index contributed by atoms with van der Waals surface area (Å²) in [6.07, 6.45) is 9.10. The van der Waals surface area contributed by atoms with Crippen LogP contribution in [0.5, 0.6) is 0 Å². The molecular weight excluding hydrogens is 284 g/mol. The first-order chi connectivity index (χ1) is 11.3. The smallest absolute Gasteiger partial charge is 0.0484 e. The number of hydrogen-bond acceptors (Lipinski definition) is 3. The number of ether oxygens (including phenoxy) is 1. The van der Waals surface area contributed by atoms with Gasteiger partial charge in [0.25, 0.3) is 0 Å². The topological polar surface area (TPSA) is 33.3 Å². The zero-order valence-corrected chi connectivity index (χ0v) is 14.5. The molecule has 0 amide bonds. The van der Waals surface area contributed by atoms with Crippen molar-refractivity contribution in [2.45, 2.75) is 69.5 Å². The van der Waals surface area contributed by atoms with Crippen LogP contribution in [0.1, 0.15) is 63.5 Å². The van der Waals surface area contributed by atoms with Crippen LogP contribution in [0, 0.1) is 0 Å². The van der Waals surface area contributed by atoms with Crippen LogP contribution in [0.2, 0.25) is 0 Å². The lowest BCUT2D eigenvalue weighted by molar-refractivity contribution is 0.0321. The van der Waals surface area contributed by atoms with E-state index in [0.717, 1.165) is 38.6 Å². The first-order valence-corrected chi connectivity index (χ1v) is 9.41. The minimum Gasteiger partial charge on any atom is -0.381 e. The van der Waals surface area contributed by atoms with Crippen LogP contribution in [-0.4, -0.2) is 31.3 Å². The van der Waals surface area contributed by atoms with Gasteiger partial charge in [-0.15, -0.1) is 0 Å². The molecule has 1 aromatic carbocycles. The molecule has 2 N–H and O–H groups in total. The molecule has 23 heavy (non-hydrogen) atoms. The monoisotopic (exact) mass is 316 g/mol. The Morgan fingerprint density at radius 3 is 2.48 bits per heavy atom. The molecule has 3 nitrogen and oxygen atoms in total. The number of nitrogens with one attached hydrogen (secondary N) is 2. The highest BCUT2D eigenvalue weighted by molar-refractivity contribution is 5.19. The summed E-state index contributed by atoms with van der Waals surface area (Å²) in [6.45, 7) is 5.10.